The van der Waals surface area contributed by atoms with Gasteiger partial charge in [0.15, 0.2) is 0 Å². The number of aromatic nitrogens is 1. The third kappa shape index (κ3) is 3.60. The van der Waals surface area contributed by atoms with E-state index in [1.165, 1.54) is 0 Å². The summed E-state index contributed by atoms with van der Waals surface area (Å²) < 4.78 is 0. The molecule has 106 valence electrons. The Kier molecular flexibility index (Phi) is 4.76. The summed E-state index contributed by atoms with van der Waals surface area (Å²) in [5.74, 6) is -0.228. The Bertz CT molecular complexity index is 571. The lowest BCUT2D eigenvalue weighted by atomic mass is 10.2. The Labute approximate surface area is 117 Å². The van der Waals surface area contributed by atoms with E-state index < -0.39 is 0 Å². The fourth-order valence-electron chi connectivity index (χ4n) is 1.93. The second-order valence-corrected chi connectivity index (χ2v) is 4.63. The van der Waals surface area contributed by atoms with Gasteiger partial charge in [-0.05, 0) is 18.6 Å². The molecule has 1 aromatic heterocycles. The first-order valence-electron chi connectivity index (χ1n) is 6.83. The SMILES string of the molecule is CCCNC(=O)CCNC(=O)c1cc2ccccc2[nH]1. The van der Waals surface area contributed by atoms with Crippen molar-refractivity contribution in [1.29, 1.82) is 0 Å². The molecule has 2 aromatic rings. The fraction of sp³-hybridized carbons (Fsp3) is 0.333. The van der Waals surface area contributed by atoms with Gasteiger partial charge in [-0.3, -0.25) is 9.59 Å². The zero-order chi connectivity index (χ0) is 14.4. The van der Waals surface area contributed by atoms with Crippen molar-refractivity contribution in [1.82, 2.24) is 15.6 Å². The molecular formula is C15H19N3O2. The zero-order valence-electron chi connectivity index (χ0n) is 11.5. The van der Waals surface area contributed by atoms with Crippen LogP contribution in [0.1, 0.15) is 30.3 Å². The lowest BCUT2D eigenvalue weighted by Gasteiger charge is -2.04. The summed E-state index contributed by atoms with van der Waals surface area (Å²) in [7, 11) is 0. The fourth-order valence-corrected chi connectivity index (χ4v) is 1.93. The molecule has 1 heterocycles. The van der Waals surface area contributed by atoms with Gasteiger partial charge in [-0.2, -0.15) is 0 Å². The van der Waals surface area contributed by atoms with Crippen LogP contribution in [0.25, 0.3) is 10.9 Å². The molecule has 0 aliphatic carbocycles. The Morgan fingerprint density at radius 2 is 1.95 bits per heavy atom. The monoisotopic (exact) mass is 273 g/mol. The van der Waals surface area contributed by atoms with E-state index in [2.05, 4.69) is 15.6 Å². The van der Waals surface area contributed by atoms with Crippen molar-refractivity contribution in [2.45, 2.75) is 19.8 Å². The molecule has 0 aliphatic rings. The zero-order valence-corrected chi connectivity index (χ0v) is 11.5. The van der Waals surface area contributed by atoms with Gasteiger partial charge < -0.3 is 15.6 Å². The predicted octanol–water partition coefficient (Wildman–Crippen LogP) is 1.81. The molecule has 2 rings (SSSR count). The second-order valence-electron chi connectivity index (χ2n) is 4.63. The highest BCUT2D eigenvalue weighted by Crippen LogP contribution is 2.14. The number of amides is 2. The van der Waals surface area contributed by atoms with Gasteiger partial charge in [0.1, 0.15) is 5.69 Å². The van der Waals surface area contributed by atoms with Crippen LogP contribution in [0.15, 0.2) is 30.3 Å². The normalized spacial score (nSPS) is 10.4. The van der Waals surface area contributed by atoms with E-state index >= 15 is 0 Å². The summed E-state index contributed by atoms with van der Waals surface area (Å²) in [4.78, 5) is 26.4. The first-order valence-corrected chi connectivity index (χ1v) is 6.83. The molecule has 0 aliphatic heterocycles. The van der Waals surface area contributed by atoms with Crippen LogP contribution in [0, 0.1) is 0 Å². The Hall–Kier alpha value is -2.30. The lowest BCUT2D eigenvalue weighted by molar-refractivity contribution is -0.120. The average molecular weight is 273 g/mol. The number of carbonyl (C=O) groups excluding carboxylic acids is 2. The molecule has 5 nitrogen and oxygen atoms in total. The number of nitrogens with one attached hydrogen (secondary N) is 3. The largest absolute Gasteiger partial charge is 0.356 e. The molecular weight excluding hydrogens is 254 g/mol. The average Bonchev–Trinajstić information content (AvgIpc) is 2.89. The molecule has 0 unspecified atom stereocenters. The van der Waals surface area contributed by atoms with Crippen molar-refractivity contribution >= 4 is 22.7 Å². The Balaban J connectivity index is 1.84. The van der Waals surface area contributed by atoms with Crippen molar-refractivity contribution in [3.8, 4) is 0 Å². The molecule has 0 bridgehead atoms. The highest BCUT2D eigenvalue weighted by atomic mass is 16.2. The minimum Gasteiger partial charge on any atom is -0.356 e. The number of hydrogen-bond donors (Lipinski definition) is 3. The van der Waals surface area contributed by atoms with E-state index in [9.17, 15) is 9.59 Å². The van der Waals surface area contributed by atoms with Crippen LogP contribution in [0.4, 0.5) is 0 Å². The Morgan fingerprint density at radius 3 is 2.70 bits per heavy atom. The minimum absolute atomic E-state index is 0.0382. The van der Waals surface area contributed by atoms with Crippen molar-refractivity contribution < 1.29 is 9.59 Å². The van der Waals surface area contributed by atoms with Gasteiger partial charge in [0.2, 0.25) is 5.91 Å². The summed E-state index contributed by atoms with van der Waals surface area (Å²) in [6, 6.07) is 9.52. The molecule has 3 N–H and O–H groups in total. The van der Waals surface area contributed by atoms with Crippen LogP contribution in [0.5, 0.6) is 0 Å². The van der Waals surface area contributed by atoms with Gasteiger partial charge >= 0.3 is 0 Å². The van der Waals surface area contributed by atoms with E-state index in [-0.39, 0.29) is 11.8 Å². The van der Waals surface area contributed by atoms with E-state index in [1.807, 2.05) is 37.3 Å². The summed E-state index contributed by atoms with van der Waals surface area (Å²) in [5.41, 5.74) is 1.44. The molecule has 2 amide bonds. The third-order valence-electron chi connectivity index (χ3n) is 2.98. The van der Waals surface area contributed by atoms with E-state index in [0.29, 0.717) is 25.2 Å². The maximum atomic E-state index is 11.9. The van der Waals surface area contributed by atoms with Crippen molar-refractivity contribution in [3.05, 3.63) is 36.0 Å². The summed E-state index contributed by atoms with van der Waals surface area (Å²) in [6.07, 6.45) is 1.21. The number of para-hydroxylation sites is 1. The van der Waals surface area contributed by atoms with Crippen molar-refractivity contribution in [3.63, 3.8) is 0 Å². The number of fused-ring (bicyclic) bond motifs is 1. The van der Waals surface area contributed by atoms with Gasteiger partial charge in [-0.25, -0.2) is 0 Å². The van der Waals surface area contributed by atoms with Crippen LogP contribution < -0.4 is 10.6 Å². The van der Waals surface area contributed by atoms with E-state index in [0.717, 1.165) is 17.3 Å². The number of carbonyl (C=O) groups is 2. The molecule has 0 spiro atoms. The predicted molar refractivity (Wildman–Crippen MR) is 78.5 cm³/mol. The third-order valence-corrected chi connectivity index (χ3v) is 2.98. The molecule has 0 radical (unpaired) electrons. The summed E-state index contributed by atoms with van der Waals surface area (Å²) in [6.45, 7) is 3.01. The smallest absolute Gasteiger partial charge is 0.267 e. The quantitative estimate of drug-likeness (QED) is 0.751. The minimum atomic E-state index is -0.190. The standard InChI is InChI=1S/C15H19N3O2/c1-2-8-16-14(19)7-9-17-15(20)13-10-11-5-3-4-6-12(11)18-13/h3-6,10,18H,2,7-9H2,1H3,(H,16,19)(H,17,20). The molecule has 5 heteroatoms. The van der Waals surface area contributed by atoms with Crippen LogP contribution >= 0.6 is 0 Å². The maximum absolute atomic E-state index is 11.9. The lowest BCUT2D eigenvalue weighted by Crippen LogP contribution is -2.31. The Morgan fingerprint density at radius 1 is 1.15 bits per heavy atom. The van der Waals surface area contributed by atoms with Gasteiger partial charge in [0.05, 0.1) is 0 Å². The number of H-pyrrole nitrogens is 1. The molecule has 20 heavy (non-hydrogen) atoms. The number of aromatic amines is 1. The van der Waals surface area contributed by atoms with Crippen LogP contribution in [0.3, 0.4) is 0 Å². The van der Waals surface area contributed by atoms with Crippen molar-refractivity contribution in [2.75, 3.05) is 13.1 Å². The highest BCUT2D eigenvalue weighted by Gasteiger charge is 2.09. The molecule has 0 saturated carbocycles. The van der Waals surface area contributed by atoms with Crippen molar-refractivity contribution in [2.24, 2.45) is 0 Å². The van der Waals surface area contributed by atoms with E-state index in [1.54, 1.807) is 0 Å². The van der Waals surface area contributed by atoms with Crippen LogP contribution in [-0.2, 0) is 4.79 Å². The number of rotatable bonds is 6. The molecule has 0 saturated heterocycles. The first-order chi connectivity index (χ1) is 9.70. The van der Waals surface area contributed by atoms with Gasteiger partial charge in [0.25, 0.3) is 5.91 Å². The molecule has 0 atom stereocenters. The topological polar surface area (TPSA) is 74.0 Å². The van der Waals surface area contributed by atoms with Gasteiger partial charge in [-0.15, -0.1) is 0 Å². The first kappa shape index (κ1) is 14.1. The summed E-state index contributed by atoms with van der Waals surface area (Å²) in [5, 5.41) is 6.50. The summed E-state index contributed by atoms with van der Waals surface area (Å²) >= 11 is 0. The van der Waals surface area contributed by atoms with Crippen LogP contribution in [-0.4, -0.2) is 29.9 Å². The number of hydrogen-bond acceptors (Lipinski definition) is 2. The van der Waals surface area contributed by atoms with E-state index in [4.69, 9.17) is 0 Å². The van der Waals surface area contributed by atoms with Gasteiger partial charge in [-0.1, -0.05) is 25.1 Å². The second kappa shape index (κ2) is 6.75. The molecule has 0 fully saturated rings. The molecule has 1 aromatic carbocycles. The van der Waals surface area contributed by atoms with Gasteiger partial charge in [0, 0.05) is 30.4 Å². The number of benzene rings is 1. The maximum Gasteiger partial charge on any atom is 0.267 e. The van der Waals surface area contributed by atoms with Crippen LogP contribution in [0.2, 0.25) is 0 Å². The highest BCUT2D eigenvalue weighted by molar-refractivity contribution is 5.98.